The Hall–Kier alpha value is -1.62. The summed E-state index contributed by atoms with van der Waals surface area (Å²) in [6, 6.07) is 3.97. The van der Waals surface area contributed by atoms with E-state index in [0.29, 0.717) is 6.54 Å². The number of carbonyl (C=O) groups is 1. The van der Waals surface area contributed by atoms with Gasteiger partial charge in [-0.2, -0.15) is 0 Å². The van der Waals surface area contributed by atoms with Crippen molar-refractivity contribution >= 4 is 11.7 Å². The Labute approximate surface area is 139 Å². The second-order valence-electron chi connectivity index (χ2n) is 7.00. The zero-order chi connectivity index (χ0) is 16.3. The molecule has 5 nitrogen and oxygen atoms in total. The minimum atomic E-state index is -0.253. The second kappa shape index (κ2) is 6.87. The molecule has 5 heteroatoms. The topological polar surface area (TPSA) is 48.5 Å². The van der Waals surface area contributed by atoms with Crippen molar-refractivity contribution in [2.24, 2.45) is 0 Å². The molecule has 1 amide bonds. The average molecular weight is 316 g/mol. The number of nitrogens with zero attached hydrogens (tertiary/aromatic N) is 3. The molecule has 1 aliphatic heterocycles. The maximum atomic E-state index is 13.0. The maximum absolute atomic E-state index is 13.0. The molecule has 23 heavy (non-hydrogen) atoms. The molecule has 0 aromatic carbocycles. The van der Waals surface area contributed by atoms with Crippen LogP contribution in [-0.2, 0) is 11.3 Å². The molecule has 1 aliphatic carbocycles. The van der Waals surface area contributed by atoms with Gasteiger partial charge in [0.15, 0.2) is 0 Å². The van der Waals surface area contributed by atoms with Gasteiger partial charge in [0.2, 0.25) is 5.91 Å². The minimum Gasteiger partial charge on any atom is -0.362 e. The van der Waals surface area contributed by atoms with Crippen LogP contribution in [0.15, 0.2) is 18.3 Å². The number of rotatable bonds is 5. The average Bonchev–Trinajstić information content (AvgIpc) is 3.24. The highest BCUT2D eigenvalue weighted by molar-refractivity contribution is 5.86. The van der Waals surface area contributed by atoms with Crippen LogP contribution in [0.5, 0.6) is 0 Å². The summed E-state index contributed by atoms with van der Waals surface area (Å²) in [5, 5.41) is 3.21. The molecular formula is C18H28N4O. The number of likely N-dealkylation sites (tertiary alicyclic amines) is 1. The standard InChI is InChI=1S/C18H28N4O/c1-21(2)16-15(8-7-11-19-16)14-20-17(23)18(9-3-4-10-18)22-12-5-6-13-22/h7-8,11H,3-6,9-10,12-14H2,1-2H3,(H,20,23). The minimum absolute atomic E-state index is 0.213. The molecule has 1 N–H and O–H groups in total. The lowest BCUT2D eigenvalue weighted by Gasteiger charge is -2.37. The van der Waals surface area contributed by atoms with E-state index in [0.717, 1.165) is 37.3 Å². The van der Waals surface area contributed by atoms with Gasteiger partial charge in [-0.1, -0.05) is 18.9 Å². The monoisotopic (exact) mass is 316 g/mol. The van der Waals surface area contributed by atoms with E-state index in [9.17, 15) is 4.79 Å². The summed E-state index contributed by atoms with van der Waals surface area (Å²) >= 11 is 0. The number of nitrogens with one attached hydrogen (secondary N) is 1. The van der Waals surface area contributed by atoms with Crippen molar-refractivity contribution in [3.8, 4) is 0 Å². The first-order chi connectivity index (χ1) is 11.1. The molecule has 3 rings (SSSR count). The van der Waals surface area contributed by atoms with Crippen molar-refractivity contribution in [2.75, 3.05) is 32.1 Å². The van der Waals surface area contributed by atoms with Gasteiger partial charge in [0, 0.05) is 32.4 Å². The van der Waals surface area contributed by atoms with Gasteiger partial charge in [-0.25, -0.2) is 4.98 Å². The molecule has 0 atom stereocenters. The number of carbonyl (C=O) groups excluding carboxylic acids is 1. The highest BCUT2D eigenvalue weighted by Crippen LogP contribution is 2.37. The molecule has 0 radical (unpaired) electrons. The number of hydrogen-bond donors (Lipinski definition) is 1. The summed E-state index contributed by atoms with van der Waals surface area (Å²) in [6.45, 7) is 2.70. The first kappa shape index (κ1) is 16.2. The van der Waals surface area contributed by atoms with Gasteiger partial charge in [0.1, 0.15) is 11.4 Å². The van der Waals surface area contributed by atoms with Gasteiger partial charge in [-0.05, 0) is 44.8 Å². The van der Waals surface area contributed by atoms with Gasteiger partial charge in [0.25, 0.3) is 0 Å². The van der Waals surface area contributed by atoms with Crippen molar-refractivity contribution in [3.63, 3.8) is 0 Å². The first-order valence-corrected chi connectivity index (χ1v) is 8.78. The first-order valence-electron chi connectivity index (χ1n) is 8.78. The smallest absolute Gasteiger partial charge is 0.240 e. The fourth-order valence-corrected chi connectivity index (χ4v) is 4.10. The third-order valence-corrected chi connectivity index (χ3v) is 5.30. The third kappa shape index (κ3) is 3.20. The van der Waals surface area contributed by atoms with Gasteiger partial charge < -0.3 is 10.2 Å². The number of anilines is 1. The number of pyridine rings is 1. The quantitative estimate of drug-likeness (QED) is 0.904. The fraction of sp³-hybridized carbons (Fsp3) is 0.667. The van der Waals surface area contributed by atoms with Crippen molar-refractivity contribution in [2.45, 2.75) is 50.6 Å². The van der Waals surface area contributed by atoms with E-state index < -0.39 is 0 Å². The summed E-state index contributed by atoms with van der Waals surface area (Å²) in [4.78, 5) is 21.9. The van der Waals surface area contributed by atoms with Crippen LogP contribution in [0.4, 0.5) is 5.82 Å². The van der Waals surface area contributed by atoms with E-state index in [1.54, 1.807) is 6.20 Å². The Balaban J connectivity index is 1.71. The molecule has 1 saturated carbocycles. The molecule has 0 spiro atoms. The molecule has 0 bridgehead atoms. The lowest BCUT2D eigenvalue weighted by molar-refractivity contribution is -0.133. The SMILES string of the molecule is CN(C)c1ncccc1CNC(=O)C1(N2CCCC2)CCCC1. The predicted octanol–water partition coefficient (Wildman–Crippen LogP) is 2.17. The van der Waals surface area contributed by atoms with Crippen LogP contribution in [0.2, 0.25) is 0 Å². The van der Waals surface area contributed by atoms with E-state index in [-0.39, 0.29) is 11.4 Å². The fourth-order valence-electron chi connectivity index (χ4n) is 4.10. The zero-order valence-electron chi connectivity index (χ0n) is 14.3. The summed E-state index contributed by atoms with van der Waals surface area (Å²) in [5.41, 5.74) is 0.817. The van der Waals surface area contributed by atoms with Gasteiger partial charge in [-0.3, -0.25) is 9.69 Å². The maximum Gasteiger partial charge on any atom is 0.240 e. The zero-order valence-corrected chi connectivity index (χ0v) is 14.3. The second-order valence-corrected chi connectivity index (χ2v) is 7.00. The van der Waals surface area contributed by atoms with E-state index in [1.807, 2.05) is 31.1 Å². The number of amides is 1. The van der Waals surface area contributed by atoms with E-state index >= 15 is 0 Å². The Bertz CT molecular complexity index is 546. The van der Waals surface area contributed by atoms with Crippen LogP contribution in [0, 0.1) is 0 Å². The van der Waals surface area contributed by atoms with Crippen LogP contribution in [-0.4, -0.2) is 48.5 Å². The van der Waals surface area contributed by atoms with Crippen LogP contribution in [0.3, 0.4) is 0 Å². The van der Waals surface area contributed by atoms with Gasteiger partial charge in [-0.15, -0.1) is 0 Å². The molecule has 2 aliphatic rings. The molecule has 126 valence electrons. The summed E-state index contributed by atoms with van der Waals surface area (Å²) in [5.74, 6) is 1.14. The molecule has 1 aromatic rings. The Kier molecular flexibility index (Phi) is 4.85. The van der Waals surface area contributed by atoms with Crippen molar-refractivity contribution in [1.29, 1.82) is 0 Å². The van der Waals surface area contributed by atoms with E-state index in [4.69, 9.17) is 0 Å². The van der Waals surface area contributed by atoms with Gasteiger partial charge in [0.05, 0.1) is 0 Å². The predicted molar refractivity (Wildman–Crippen MR) is 92.4 cm³/mol. The lowest BCUT2D eigenvalue weighted by Crippen LogP contribution is -2.56. The number of aromatic nitrogens is 1. The summed E-state index contributed by atoms with van der Waals surface area (Å²) in [6.07, 6.45) is 8.59. The molecule has 1 aromatic heterocycles. The van der Waals surface area contributed by atoms with Crippen LogP contribution in [0.25, 0.3) is 0 Å². The lowest BCUT2D eigenvalue weighted by atomic mass is 9.94. The Morgan fingerprint density at radius 2 is 1.96 bits per heavy atom. The normalized spacial score (nSPS) is 20.6. The summed E-state index contributed by atoms with van der Waals surface area (Å²) < 4.78 is 0. The van der Waals surface area contributed by atoms with Crippen molar-refractivity contribution in [1.82, 2.24) is 15.2 Å². The van der Waals surface area contributed by atoms with Crippen LogP contribution in [0.1, 0.15) is 44.1 Å². The molecule has 2 heterocycles. The van der Waals surface area contributed by atoms with Crippen LogP contribution < -0.4 is 10.2 Å². The van der Waals surface area contributed by atoms with E-state index in [2.05, 4.69) is 15.2 Å². The third-order valence-electron chi connectivity index (χ3n) is 5.30. The molecular weight excluding hydrogens is 288 g/mol. The Morgan fingerprint density at radius 1 is 1.26 bits per heavy atom. The van der Waals surface area contributed by atoms with Crippen molar-refractivity contribution in [3.05, 3.63) is 23.9 Å². The molecule has 2 fully saturated rings. The highest BCUT2D eigenvalue weighted by atomic mass is 16.2. The van der Waals surface area contributed by atoms with Crippen LogP contribution >= 0.6 is 0 Å². The number of hydrogen-bond acceptors (Lipinski definition) is 4. The summed E-state index contributed by atoms with van der Waals surface area (Å²) in [7, 11) is 3.96. The largest absolute Gasteiger partial charge is 0.362 e. The Morgan fingerprint density at radius 3 is 2.61 bits per heavy atom. The molecule has 1 saturated heterocycles. The van der Waals surface area contributed by atoms with Crippen molar-refractivity contribution < 1.29 is 4.79 Å². The van der Waals surface area contributed by atoms with E-state index in [1.165, 1.54) is 25.7 Å². The highest BCUT2D eigenvalue weighted by Gasteiger charge is 2.46. The molecule has 0 unspecified atom stereocenters. The van der Waals surface area contributed by atoms with Gasteiger partial charge >= 0.3 is 0 Å².